The van der Waals surface area contributed by atoms with Gasteiger partial charge in [0.25, 0.3) is 11.8 Å². The molecule has 4 rings (SSSR count). The van der Waals surface area contributed by atoms with Crippen LogP contribution in [0.25, 0.3) is 0 Å². The fourth-order valence-electron chi connectivity index (χ4n) is 3.36. The molecule has 7 nitrogen and oxygen atoms in total. The van der Waals surface area contributed by atoms with E-state index in [1.807, 2.05) is 12.1 Å². The molecule has 136 valence electrons. The molecule has 0 spiro atoms. The van der Waals surface area contributed by atoms with Gasteiger partial charge in [-0.3, -0.25) is 14.6 Å². The van der Waals surface area contributed by atoms with Gasteiger partial charge in [-0.2, -0.15) is 0 Å². The summed E-state index contributed by atoms with van der Waals surface area (Å²) in [6.07, 6.45) is 6.14. The molecule has 0 fully saturated rings. The highest BCUT2D eigenvalue weighted by Gasteiger charge is 2.37. The average molecular weight is 362 g/mol. The zero-order valence-electron chi connectivity index (χ0n) is 15.0. The largest absolute Gasteiger partial charge is 0.446 e. The smallest absolute Gasteiger partial charge is 0.256 e. The Morgan fingerprint density at radius 3 is 2.67 bits per heavy atom. The van der Waals surface area contributed by atoms with E-state index < -0.39 is 6.04 Å². The molecule has 0 N–H and O–H groups in total. The lowest BCUT2D eigenvalue weighted by Gasteiger charge is -2.23. The number of rotatable bonds is 3. The van der Waals surface area contributed by atoms with Crippen molar-refractivity contribution in [1.29, 1.82) is 0 Å². The average Bonchev–Trinajstić information content (AvgIpc) is 3.34. The normalized spacial score (nSPS) is 15.5. The summed E-state index contributed by atoms with van der Waals surface area (Å²) in [6.45, 7) is 0.378. The van der Waals surface area contributed by atoms with Gasteiger partial charge >= 0.3 is 0 Å². The van der Waals surface area contributed by atoms with Crippen LogP contribution in [0.1, 0.15) is 43.6 Å². The number of carbonyl (C=O) groups is 2. The minimum Gasteiger partial charge on any atom is -0.446 e. The van der Waals surface area contributed by atoms with E-state index in [0.29, 0.717) is 23.4 Å². The van der Waals surface area contributed by atoms with Crippen LogP contribution in [0.3, 0.4) is 0 Å². The molecule has 1 aliphatic rings. The number of hydrogen-bond donors (Lipinski definition) is 0. The fraction of sp³-hybridized carbons (Fsp3) is 0.200. The quantitative estimate of drug-likeness (QED) is 0.715. The maximum absolute atomic E-state index is 13.1. The second-order valence-corrected chi connectivity index (χ2v) is 6.59. The van der Waals surface area contributed by atoms with Gasteiger partial charge in [-0.1, -0.05) is 6.07 Å². The fourth-order valence-corrected chi connectivity index (χ4v) is 3.36. The number of amides is 2. The van der Waals surface area contributed by atoms with Gasteiger partial charge < -0.3 is 14.2 Å². The molecule has 0 saturated heterocycles. The van der Waals surface area contributed by atoms with E-state index in [1.165, 1.54) is 11.3 Å². The third kappa shape index (κ3) is 2.97. The molecule has 1 aromatic carbocycles. The first-order valence-electron chi connectivity index (χ1n) is 8.50. The molecule has 3 heterocycles. The number of carbonyl (C=O) groups excluding carboxylic acids is 2. The number of fused-ring (bicyclic) bond motifs is 1. The third-order valence-corrected chi connectivity index (χ3v) is 4.63. The summed E-state index contributed by atoms with van der Waals surface area (Å²) in [5.74, 6) is 0.352. The van der Waals surface area contributed by atoms with Gasteiger partial charge in [-0.15, -0.1) is 0 Å². The lowest BCUT2D eigenvalue weighted by atomic mass is 10.00. The molecule has 0 radical (unpaired) electrons. The van der Waals surface area contributed by atoms with Gasteiger partial charge in [0, 0.05) is 38.6 Å². The zero-order chi connectivity index (χ0) is 19.0. The number of pyridine rings is 1. The Morgan fingerprint density at radius 2 is 2.00 bits per heavy atom. The van der Waals surface area contributed by atoms with E-state index in [1.54, 1.807) is 55.8 Å². The first kappa shape index (κ1) is 17.0. The standard InChI is InChI=1S/C20H18N4O3/c1-23(2)19(25)13-5-6-16-15(8-13)11-24(18(16)17-10-22-12-27-17)20(26)14-4-3-7-21-9-14/h3-10,12,18H,11H2,1-2H3. The summed E-state index contributed by atoms with van der Waals surface area (Å²) in [4.78, 5) is 36.7. The van der Waals surface area contributed by atoms with Crippen molar-refractivity contribution in [1.82, 2.24) is 19.8 Å². The summed E-state index contributed by atoms with van der Waals surface area (Å²) in [5.41, 5.74) is 2.94. The summed E-state index contributed by atoms with van der Waals surface area (Å²) in [6, 6.07) is 8.58. The van der Waals surface area contributed by atoms with Gasteiger partial charge in [0.05, 0.1) is 11.8 Å². The summed E-state index contributed by atoms with van der Waals surface area (Å²) < 4.78 is 5.51. The van der Waals surface area contributed by atoms with Gasteiger partial charge in [-0.25, -0.2) is 4.98 Å². The number of nitrogens with zero attached hydrogens (tertiary/aromatic N) is 4. The van der Waals surface area contributed by atoms with Crippen LogP contribution in [0.4, 0.5) is 0 Å². The predicted octanol–water partition coefficient (Wildman–Crippen LogP) is 2.52. The van der Waals surface area contributed by atoms with E-state index in [9.17, 15) is 9.59 Å². The zero-order valence-corrected chi connectivity index (χ0v) is 15.0. The van der Waals surface area contributed by atoms with Crippen molar-refractivity contribution in [3.63, 3.8) is 0 Å². The Morgan fingerprint density at radius 1 is 1.15 bits per heavy atom. The van der Waals surface area contributed by atoms with Crippen LogP contribution >= 0.6 is 0 Å². The molecule has 0 saturated carbocycles. The van der Waals surface area contributed by atoms with Crippen molar-refractivity contribution in [3.05, 3.63) is 83.3 Å². The highest BCUT2D eigenvalue weighted by atomic mass is 16.3. The first-order valence-corrected chi connectivity index (χ1v) is 8.50. The number of benzene rings is 1. The highest BCUT2D eigenvalue weighted by molar-refractivity contribution is 5.96. The van der Waals surface area contributed by atoms with E-state index in [2.05, 4.69) is 9.97 Å². The van der Waals surface area contributed by atoms with Crippen molar-refractivity contribution in [2.75, 3.05) is 14.1 Å². The minimum atomic E-state index is -0.390. The predicted molar refractivity (Wildman–Crippen MR) is 96.9 cm³/mol. The molecule has 3 aromatic rings. The van der Waals surface area contributed by atoms with E-state index >= 15 is 0 Å². The van der Waals surface area contributed by atoms with Gasteiger partial charge in [0.2, 0.25) is 0 Å². The molecular formula is C20H18N4O3. The Hall–Kier alpha value is -3.48. The van der Waals surface area contributed by atoms with Crippen LogP contribution < -0.4 is 0 Å². The molecule has 1 atom stereocenters. The lowest BCUT2D eigenvalue weighted by molar-refractivity contribution is 0.0703. The second-order valence-electron chi connectivity index (χ2n) is 6.59. The lowest BCUT2D eigenvalue weighted by Crippen LogP contribution is -2.30. The third-order valence-electron chi connectivity index (χ3n) is 4.63. The Labute approximate surface area is 156 Å². The molecular weight excluding hydrogens is 344 g/mol. The minimum absolute atomic E-state index is 0.0777. The summed E-state index contributed by atoms with van der Waals surface area (Å²) in [7, 11) is 3.43. The molecule has 2 amide bonds. The molecule has 1 aliphatic heterocycles. The maximum atomic E-state index is 13.1. The number of oxazole rings is 1. The summed E-state index contributed by atoms with van der Waals surface area (Å²) in [5, 5.41) is 0. The number of hydrogen-bond acceptors (Lipinski definition) is 5. The molecule has 1 unspecified atom stereocenters. The SMILES string of the molecule is CN(C)C(=O)c1ccc2c(c1)CN(C(=O)c1cccnc1)C2c1cnco1. The molecule has 2 aromatic heterocycles. The van der Waals surface area contributed by atoms with Gasteiger partial charge in [0.15, 0.2) is 12.2 Å². The van der Waals surface area contributed by atoms with Crippen LogP contribution in [-0.4, -0.2) is 45.7 Å². The van der Waals surface area contributed by atoms with Gasteiger partial charge in [0.1, 0.15) is 6.04 Å². The van der Waals surface area contributed by atoms with Crippen LogP contribution in [0.5, 0.6) is 0 Å². The Bertz CT molecular complexity index is 984. The van der Waals surface area contributed by atoms with Crippen molar-refractivity contribution in [2.45, 2.75) is 12.6 Å². The number of aromatic nitrogens is 2. The molecule has 0 bridgehead atoms. The Balaban J connectivity index is 1.76. The second kappa shape index (κ2) is 6.68. The van der Waals surface area contributed by atoms with Crippen molar-refractivity contribution in [2.24, 2.45) is 0 Å². The van der Waals surface area contributed by atoms with Crippen LogP contribution in [-0.2, 0) is 6.54 Å². The van der Waals surface area contributed by atoms with E-state index in [-0.39, 0.29) is 11.8 Å². The van der Waals surface area contributed by atoms with Crippen LogP contribution in [0.15, 0.2) is 59.7 Å². The summed E-state index contributed by atoms with van der Waals surface area (Å²) >= 11 is 0. The van der Waals surface area contributed by atoms with Crippen molar-refractivity contribution in [3.8, 4) is 0 Å². The van der Waals surface area contributed by atoms with Gasteiger partial charge in [-0.05, 0) is 35.4 Å². The maximum Gasteiger partial charge on any atom is 0.256 e. The monoisotopic (exact) mass is 362 g/mol. The van der Waals surface area contributed by atoms with E-state index in [4.69, 9.17) is 4.42 Å². The first-order chi connectivity index (χ1) is 13.1. The molecule has 27 heavy (non-hydrogen) atoms. The van der Waals surface area contributed by atoms with Crippen molar-refractivity contribution >= 4 is 11.8 Å². The van der Waals surface area contributed by atoms with Crippen LogP contribution in [0, 0.1) is 0 Å². The topological polar surface area (TPSA) is 79.5 Å². The highest BCUT2D eigenvalue weighted by Crippen LogP contribution is 2.39. The molecule has 0 aliphatic carbocycles. The van der Waals surface area contributed by atoms with E-state index in [0.717, 1.165) is 11.1 Å². The van der Waals surface area contributed by atoms with Crippen LogP contribution in [0.2, 0.25) is 0 Å². The van der Waals surface area contributed by atoms with Crippen molar-refractivity contribution < 1.29 is 14.0 Å². The molecule has 7 heteroatoms. The Kier molecular flexibility index (Phi) is 4.19.